The maximum Gasteiger partial charge on any atom is 0.252 e. The lowest BCUT2D eigenvalue weighted by Gasteiger charge is -2.45. The quantitative estimate of drug-likeness (QED) is 0.0977. The van der Waals surface area contributed by atoms with E-state index in [0.29, 0.717) is 5.82 Å². The Morgan fingerprint density at radius 1 is 0.262 bits per heavy atom. The third kappa shape index (κ3) is 10.1. The first-order chi connectivity index (χ1) is 48.8. The summed E-state index contributed by atoms with van der Waals surface area (Å²) in [6.45, 7) is 41.7. The van der Waals surface area contributed by atoms with Crippen LogP contribution in [0, 0.1) is 0 Å². The van der Waals surface area contributed by atoms with Crippen molar-refractivity contribution in [2.24, 2.45) is 0 Å². The highest BCUT2D eigenvalue weighted by atomic mass is 15.2. The molecule has 0 saturated carbocycles. The van der Waals surface area contributed by atoms with Crippen LogP contribution in [0.3, 0.4) is 0 Å². The first-order valence-electron chi connectivity index (χ1n) is 37.3. The van der Waals surface area contributed by atoms with Crippen LogP contribution in [0.25, 0.3) is 120 Å². The summed E-state index contributed by atoms with van der Waals surface area (Å²) >= 11 is 0. The van der Waals surface area contributed by atoms with Crippen LogP contribution < -0.4 is 26.2 Å². The molecule has 0 aliphatic carbocycles. The second-order valence-corrected chi connectivity index (χ2v) is 36.3. The topological polar surface area (TPSA) is 32.3 Å². The minimum absolute atomic E-state index is 0.0759. The summed E-state index contributed by atoms with van der Waals surface area (Å²) in [7, 11) is 0. The zero-order chi connectivity index (χ0) is 71.7. The predicted octanol–water partition coefficient (Wildman–Crippen LogP) is 25.4. The van der Waals surface area contributed by atoms with Crippen molar-refractivity contribution >= 4 is 143 Å². The fourth-order valence-electron chi connectivity index (χ4n) is 17.4. The van der Waals surface area contributed by atoms with Gasteiger partial charge in [0.25, 0.3) is 6.71 Å². The maximum atomic E-state index is 6.03. The SMILES string of the molecule is CC(C)(C)c1ccc(N2c3cc(-c4cc(-c5cc(C(C)(C)C)cc(C(C)(C)C)c5)nc(-c5cc(C(C)(C)C)cc(C(C)(C)C)c5)n4)cc4c3B(c3cc5c6cccc7cccc(c8cccc(c32)c85)c76)c2cc3c5cccc6cccc(c7cccc(c2N4c2ccc(C(C)(C)C)cc2)c73)c65)cc1. The molecule has 506 valence electrons. The predicted molar refractivity (Wildman–Crippen MR) is 447 cm³/mol. The smallest absolute Gasteiger partial charge is 0.252 e. The lowest BCUT2D eigenvalue weighted by molar-refractivity contribution is 0.568. The van der Waals surface area contributed by atoms with Crippen molar-refractivity contribution in [3.63, 3.8) is 0 Å². The van der Waals surface area contributed by atoms with E-state index in [2.05, 4.69) is 359 Å². The third-order valence-corrected chi connectivity index (χ3v) is 23.2. The van der Waals surface area contributed by atoms with Gasteiger partial charge in [-0.3, -0.25) is 0 Å². The van der Waals surface area contributed by atoms with Gasteiger partial charge in [-0.2, -0.15) is 0 Å². The van der Waals surface area contributed by atoms with Gasteiger partial charge in [0.2, 0.25) is 0 Å². The second kappa shape index (κ2) is 22.1. The Hall–Kier alpha value is -10.4. The largest absolute Gasteiger partial charge is 0.311 e. The van der Waals surface area contributed by atoms with Crippen molar-refractivity contribution in [2.45, 2.75) is 157 Å². The summed E-state index contributed by atoms with van der Waals surface area (Å²) < 4.78 is 0. The first kappa shape index (κ1) is 64.7. The van der Waals surface area contributed by atoms with Crippen LogP contribution in [-0.2, 0) is 32.5 Å². The Bertz CT molecular complexity index is 5780. The molecule has 16 aromatic rings. The standard InChI is InChI=1S/C98H91BN4/c1-93(2,3)61-37-41-67(42-38-61)102-83-49-59(82-55-81(58-45-63(95(7,8)9)51-64(46-58)96(10,11)12)100-92(101-82)60-47-65(97(13,14)15)52-66(48-60)98(16,17)18)50-84-89(83)99(79-53-77-73-31-21-27-56-25-19-29-69(85(56)73)71-33-23-35-75(87(71)77)90(79)102)80-54-78-74-32-22-28-57-26-20-30-70(86(57)74)72-34-24-36-76(88(72)78)91(80)103(84)68-43-39-62(40-44-68)94(4,5)6/h19-55H,1-18H3. The summed E-state index contributed by atoms with van der Waals surface area (Å²) in [6.07, 6.45) is 0. The van der Waals surface area contributed by atoms with E-state index in [0.717, 1.165) is 50.8 Å². The Kier molecular flexibility index (Phi) is 13.9. The van der Waals surface area contributed by atoms with Gasteiger partial charge in [0.1, 0.15) is 0 Å². The fourth-order valence-corrected chi connectivity index (χ4v) is 17.4. The van der Waals surface area contributed by atoms with E-state index in [4.69, 9.17) is 9.97 Å². The Morgan fingerprint density at radius 2 is 0.563 bits per heavy atom. The van der Waals surface area contributed by atoms with Crippen molar-refractivity contribution < 1.29 is 0 Å². The van der Waals surface area contributed by atoms with Crippen LogP contribution in [0.2, 0.25) is 0 Å². The monoisotopic (exact) mass is 1330 g/mol. The Morgan fingerprint density at radius 3 is 0.913 bits per heavy atom. The maximum absolute atomic E-state index is 6.03. The minimum Gasteiger partial charge on any atom is -0.311 e. The van der Waals surface area contributed by atoms with Crippen LogP contribution in [-0.4, -0.2) is 16.7 Å². The number of fused-ring (bicyclic) bond motifs is 10. The van der Waals surface area contributed by atoms with E-state index >= 15 is 0 Å². The summed E-state index contributed by atoms with van der Waals surface area (Å²) in [6, 6.07) is 88.1. The van der Waals surface area contributed by atoms with E-state index < -0.39 is 0 Å². The Balaban J connectivity index is 1.04. The zero-order valence-corrected chi connectivity index (χ0v) is 63.2. The molecule has 18 rings (SSSR count). The Labute approximate surface area is 608 Å². The molecule has 0 saturated heterocycles. The molecule has 2 aliphatic rings. The van der Waals surface area contributed by atoms with Gasteiger partial charge < -0.3 is 9.80 Å². The summed E-state index contributed by atoms with van der Waals surface area (Å²) in [4.78, 5) is 17.2. The van der Waals surface area contributed by atoms with Gasteiger partial charge in [-0.05, 0) is 224 Å². The van der Waals surface area contributed by atoms with Crippen molar-refractivity contribution in [1.29, 1.82) is 0 Å². The van der Waals surface area contributed by atoms with Gasteiger partial charge >= 0.3 is 0 Å². The van der Waals surface area contributed by atoms with Crippen LogP contribution >= 0.6 is 0 Å². The van der Waals surface area contributed by atoms with Gasteiger partial charge in [0, 0.05) is 61.6 Å². The highest BCUT2D eigenvalue weighted by Gasteiger charge is 2.46. The average Bonchev–Trinajstić information content (AvgIpc) is 0.674. The highest BCUT2D eigenvalue weighted by Crippen LogP contribution is 2.54. The van der Waals surface area contributed by atoms with Crippen molar-refractivity contribution in [2.75, 3.05) is 9.80 Å². The molecule has 0 spiro atoms. The lowest BCUT2D eigenvalue weighted by atomic mass is 9.33. The van der Waals surface area contributed by atoms with Crippen molar-refractivity contribution in [3.05, 3.63) is 258 Å². The molecule has 2 aliphatic heterocycles. The lowest BCUT2D eigenvalue weighted by Crippen LogP contribution is -2.61. The molecule has 0 unspecified atom stereocenters. The number of benzene rings is 15. The molecule has 0 N–H and O–H groups in total. The number of rotatable bonds is 5. The van der Waals surface area contributed by atoms with E-state index in [1.807, 2.05) is 0 Å². The number of hydrogen-bond acceptors (Lipinski definition) is 4. The van der Waals surface area contributed by atoms with Crippen LogP contribution in [0.1, 0.15) is 158 Å². The third-order valence-electron chi connectivity index (χ3n) is 23.2. The van der Waals surface area contributed by atoms with Gasteiger partial charge in [-0.1, -0.05) is 282 Å². The molecule has 0 amide bonds. The minimum atomic E-state index is -0.246. The van der Waals surface area contributed by atoms with E-state index in [9.17, 15) is 0 Å². The normalized spacial score (nSPS) is 13.9. The number of aromatic nitrogens is 2. The fraction of sp³-hybridized carbons (Fsp3) is 0.245. The molecule has 0 radical (unpaired) electrons. The molecule has 0 fully saturated rings. The van der Waals surface area contributed by atoms with Crippen LogP contribution in [0.4, 0.5) is 34.1 Å². The van der Waals surface area contributed by atoms with Crippen molar-refractivity contribution in [1.82, 2.24) is 9.97 Å². The van der Waals surface area contributed by atoms with Gasteiger partial charge in [-0.25, -0.2) is 9.97 Å². The molecule has 0 atom stereocenters. The number of hydrogen-bond donors (Lipinski definition) is 0. The molecular weight excluding hydrogens is 1240 g/mol. The summed E-state index contributed by atoms with van der Waals surface area (Å²) in [5.74, 6) is 0.707. The van der Waals surface area contributed by atoms with E-state index in [1.165, 1.54) is 147 Å². The average molecular weight is 1340 g/mol. The number of anilines is 6. The molecule has 0 bridgehead atoms. The second-order valence-electron chi connectivity index (χ2n) is 36.3. The zero-order valence-electron chi connectivity index (χ0n) is 63.2. The van der Waals surface area contributed by atoms with Gasteiger partial charge in [0.15, 0.2) is 5.82 Å². The molecule has 3 heterocycles. The molecule has 15 aromatic carbocycles. The molecular formula is C98H91BN4. The van der Waals surface area contributed by atoms with E-state index in [-0.39, 0.29) is 39.2 Å². The molecule has 4 nitrogen and oxygen atoms in total. The molecule has 5 heteroatoms. The summed E-state index contributed by atoms with van der Waals surface area (Å²) in [5.41, 5.74) is 22.5. The van der Waals surface area contributed by atoms with Crippen LogP contribution in [0.5, 0.6) is 0 Å². The number of nitrogens with zero attached hydrogens (tertiary/aromatic N) is 4. The summed E-state index contributed by atoms with van der Waals surface area (Å²) in [5, 5.41) is 20.4. The van der Waals surface area contributed by atoms with Gasteiger partial charge in [0.05, 0.1) is 11.4 Å². The molecule has 103 heavy (non-hydrogen) atoms. The highest BCUT2D eigenvalue weighted by molar-refractivity contribution is 7.01. The van der Waals surface area contributed by atoms with E-state index in [1.54, 1.807) is 0 Å². The molecule has 1 aromatic heterocycles. The van der Waals surface area contributed by atoms with Gasteiger partial charge in [-0.15, -0.1) is 0 Å². The first-order valence-corrected chi connectivity index (χ1v) is 37.3. The van der Waals surface area contributed by atoms with Crippen LogP contribution in [0.15, 0.2) is 224 Å². The van der Waals surface area contributed by atoms with Crippen molar-refractivity contribution in [3.8, 4) is 33.9 Å².